The van der Waals surface area contributed by atoms with Gasteiger partial charge in [0, 0.05) is 19.6 Å². The van der Waals surface area contributed by atoms with Gasteiger partial charge in [0.2, 0.25) is 0 Å². The Balaban J connectivity index is 1.92. The lowest BCUT2D eigenvalue weighted by Crippen LogP contribution is -2.44. The second-order valence-electron chi connectivity index (χ2n) is 5.09. The number of aromatic nitrogens is 2. The Bertz CT molecular complexity index is 613. The van der Waals surface area contributed by atoms with Crippen LogP contribution in [0.1, 0.15) is 17.4 Å². The van der Waals surface area contributed by atoms with E-state index in [0.29, 0.717) is 17.0 Å². The van der Waals surface area contributed by atoms with Crippen LogP contribution in [0.25, 0.3) is 11.5 Å². The van der Waals surface area contributed by atoms with Crippen molar-refractivity contribution in [2.45, 2.75) is 13.0 Å². The minimum atomic E-state index is -0.308. The largest absolute Gasteiger partial charge is 0.334 e. The molecule has 6 heteroatoms. The molecule has 0 amide bonds. The van der Waals surface area contributed by atoms with E-state index in [1.165, 1.54) is 0 Å². The molecule has 3 rings (SSSR count). The Morgan fingerprint density at radius 2 is 2.30 bits per heavy atom. The van der Waals surface area contributed by atoms with Crippen LogP contribution in [0.4, 0.5) is 4.39 Å². The lowest BCUT2D eigenvalue weighted by molar-refractivity contribution is 0.190. The summed E-state index contributed by atoms with van der Waals surface area (Å²) in [5, 5.41) is 7.30. The molecule has 0 radical (unpaired) electrons. The maximum absolute atomic E-state index is 14.1. The van der Waals surface area contributed by atoms with Crippen LogP contribution >= 0.6 is 0 Å². The zero-order valence-corrected chi connectivity index (χ0v) is 11.6. The van der Waals surface area contributed by atoms with Crippen molar-refractivity contribution in [1.82, 2.24) is 20.4 Å². The van der Waals surface area contributed by atoms with Crippen molar-refractivity contribution < 1.29 is 8.91 Å². The number of halogens is 1. The summed E-state index contributed by atoms with van der Waals surface area (Å²) in [6.45, 7) is 4.36. The molecule has 1 unspecified atom stereocenters. The number of aryl methyl sites for hydroxylation is 1. The molecule has 0 saturated carbocycles. The van der Waals surface area contributed by atoms with Gasteiger partial charge in [0.25, 0.3) is 5.89 Å². The molecule has 1 saturated heterocycles. The fourth-order valence-corrected chi connectivity index (χ4v) is 2.39. The van der Waals surface area contributed by atoms with Gasteiger partial charge in [-0.15, -0.1) is 0 Å². The SMILES string of the molecule is Cc1cccc(-c2nc(C3CNCCN3C)no2)c1F. The van der Waals surface area contributed by atoms with Crippen molar-refractivity contribution in [1.29, 1.82) is 0 Å². The number of rotatable bonds is 2. The van der Waals surface area contributed by atoms with E-state index in [9.17, 15) is 4.39 Å². The number of nitrogens with one attached hydrogen (secondary N) is 1. The number of hydrogen-bond acceptors (Lipinski definition) is 5. The predicted octanol–water partition coefficient (Wildman–Crippen LogP) is 1.76. The van der Waals surface area contributed by atoms with Gasteiger partial charge in [0.05, 0.1) is 11.6 Å². The normalized spacial score (nSPS) is 20.2. The molecule has 1 aromatic carbocycles. The molecule has 1 fully saturated rings. The van der Waals surface area contributed by atoms with Crippen LogP contribution in [0, 0.1) is 12.7 Å². The average molecular weight is 276 g/mol. The van der Waals surface area contributed by atoms with Crippen LogP contribution in [0.15, 0.2) is 22.7 Å². The first kappa shape index (κ1) is 13.2. The Morgan fingerprint density at radius 3 is 3.10 bits per heavy atom. The Morgan fingerprint density at radius 1 is 1.45 bits per heavy atom. The molecular formula is C14H17FN4O. The monoisotopic (exact) mass is 276 g/mol. The van der Waals surface area contributed by atoms with Gasteiger partial charge in [-0.3, -0.25) is 4.90 Å². The van der Waals surface area contributed by atoms with Crippen LogP contribution in [0.2, 0.25) is 0 Å². The highest BCUT2D eigenvalue weighted by Gasteiger charge is 2.26. The summed E-state index contributed by atoms with van der Waals surface area (Å²) < 4.78 is 19.3. The zero-order valence-electron chi connectivity index (χ0n) is 11.6. The van der Waals surface area contributed by atoms with Crippen molar-refractivity contribution in [3.63, 3.8) is 0 Å². The maximum Gasteiger partial charge on any atom is 0.260 e. The van der Waals surface area contributed by atoms with E-state index in [4.69, 9.17) is 4.52 Å². The Labute approximate surface area is 116 Å². The van der Waals surface area contributed by atoms with E-state index < -0.39 is 0 Å². The lowest BCUT2D eigenvalue weighted by atomic mass is 10.1. The summed E-state index contributed by atoms with van der Waals surface area (Å²) >= 11 is 0. The molecular weight excluding hydrogens is 259 g/mol. The molecule has 1 aliphatic heterocycles. The molecule has 1 atom stereocenters. The van der Waals surface area contributed by atoms with Gasteiger partial charge >= 0.3 is 0 Å². The molecule has 2 heterocycles. The van der Waals surface area contributed by atoms with E-state index in [0.717, 1.165) is 19.6 Å². The van der Waals surface area contributed by atoms with E-state index in [1.54, 1.807) is 25.1 Å². The lowest BCUT2D eigenvalue weighted by Gasteiger charge is -2.30. The van der Waals surface area contributed by atoms with Crippen LogP contribution in [0.5, 0.6) is 0 Å². The number of benzene rings is 1. The Kier molecular flexibility index (Phi) is 3.50. The Hall–Kier alpha value is -1.79. The number of nitrogens with zero attached hydrogens (tertiary/aromatic N) is 3. The standard InChI is InChI=1S/C14H17FN4O/c1-9-4-3-5-10(12(9)15)14-17-13(18-20-14)11-8-16-6-7-19(11)2/h3-5,11,16H,6-8H2,1-2H3. The van der Waals surface area contributed by atoms with Gasteiger partial charge in [0.15, 0.2) is 5.82 Å². The highest BCUT2D eigenvalue weighted by atomic mass is 19.1. The summed E-state index contributed by atoms with van der Waals surface area (Å²) in [5.74, 6) is 0.522. The van der Waals surface area contributed by atoms with Crippen LogP contribution in [-0.4, -0.2) is 41.7 Å². The van der Waals surface area contributed by atoms with Gasteiger partial charge in [-0.25, -0.2) is 4.39 Å². The van der Waals surface area contributed by atoms with Gasteiger partial charge in [0.1, 0.15) is 5.82 Å². The highest BCUT2D eigenvalue weighted by Crippen LogP contribution is 2.25. The quantitative estimate of drug-likeness (QED) is 0.906. The third-order valence-electron chi connectivity index (χ3n) is 3.67. The van der Waals surface area contributed by atoms with Gasteiger partial charge < -0.3 is 9.84 Å². The smallest absolute Gasteiger partial charge is 0.260 e. The summed E-state index contributed by atoms with van der Waals surface area (Å²) in [6.07, 6.45) is 0. The number of hydrogen-bond donors (Lipinski definition) is 1. The summed E-state index contributed by atoms with van der Waals surface area (Å²) in [6, 6.07) is 5.22. The fourth-order valence-electron chi connectivity index (χ4n) is 2.39. The van der Waals surface area contributed by atoms with Gasteiger partial charge in [-0.1, -0.05) is 17.3 Å². The van der Waals surface area contributed by atoms with Gasteiger partial charge in [-0.2, -0.15) is 4.98 Å². The van der Waals surface area contributed by atoms with E-state index in [-0.39, 0.29) is 17.7 Å². The predicted molar refractivity (Wildman–Crippen MR) is 72.7 cm³/mol. The molecule has 0 bridgehead atoms. The van der Waals surface area contributed by atoms with E-state index >= 15 is 0 Å². The number of piperazine rings is 1. The minimum absolute atomic E-state index is 0.0640. The summed E-state index contributed by atoms with van der Waals surface area (Å²) in [7, 11) is 2.02. The molecule has 2 aromatic rings. The molecule has 1 aliphatic rings. The highest BCUT2D eigenvalue weighted by molar-refractivity contribution is 5.55. The van der Waals surface area contributed by atoms with Crippen LogP contribution in [0.3, 0.4) is 0 Å². The topological polar surface area (TPSA) is 54.2 Å². The minimum Gasteiger partial charge on any atom is -0.334 e. The van der Waals surface area contributed by atoms with E-state index in [1.807, 2.05) is 7.05 Å². The first-order valence-electron chi connectivity index (χ1n) is 6.67. The van der Waals surface area contributed by atoms with Crippen molar-refractivity contribution in [3.8, 4) is 11.5 Å². The van der Waals surface area contributed by atoms with E-state index in [2.05, 4.69) is 20.4 Å². The molecule has 1 aromatic heterocycles. The van der Waals surface area contributed by atoms with Crippen LogP contribution < -0.4 is 5.32 Å². The average Bonchev–Trinajstić information content (AvgIpc) is 2.92. The molecule has 0 spiro atoms. The van der Waals surface area contributed by atoms with Crippen molar-refractivity contribution in [2.75, 3.05) is 26.7 Å². The first-order valence-corrected chi connectivity index (χ1v) is 6.67. The second-order valence-corrected chi connectivity index (χ2v) is 5.09. The third-order valence-corrected chi connectivity index (χ3v) is 3.67. The molecule has 0 aliphatic carbocycles. The van der Waals surface area contributed by atoms with Crippen LogP contribution in [-0.2, 0) is 0 Å². The van der Waals surface area contributed by atoms with Crippen molar-refractivity contribution in [3.05, 3.63) is 35.4 Å². The molecule has 5 nitrogen and oxygen atoms in total. The molecule has 20 heavy (non-hydrogen) atoms. The molecule has 1 N–H and O–H groups in total. The second kappa shape index (κ2) is 5.30. The van der Waals surface area contributed by atoms with Gasteiger partial charge in [-0.05, 0) is 25.6 Å². The van der Waals surface area contributed by atoms with Crippen molar-refractivity contribution >= 4 is 0 Å². The summed E-state index contributed by atoms with van der Waals surface area (Å²) in [4.78, 5) is 6.52. The fraction of sp³-hybridized carbons (Fsp3) is 0.429. The third kappa shape index (κ3) is 2.32. The maximum atomic E-state index is 14.1. The molecule has 106 valence electrons. The summed E-state index contributed by atoms with van der Waals surface area (Å²) in [5.41, 5.74) is 0.925. The van der Waals surface area contributed by atoms with Crippen molar-refractivity contribution in [2.24, 2.45) is 0 Å². The first-order chi connectivity index (χ1) is 9.66. The number of likely N-dealkylation sites (N-methyl/N-ethyl adjacent to an activating group) is 1. The zero-order chi connectivity index (χ0) is 14.1.